The van der Waals surface area contributed by atoms with E-state index in [-0.39, 0.29) is 18.2 Å². The smallest absolute Gasteiger partial charge is 0.407 e. The first-order chi connectivity index (χ1) is 9.39. The Morgan fingerprint density at radius 3 is 2.90 bits per heavy atom. The van der Waals surface area contributed by atoms with Crippen LogP contribution in [-0.4, -0.2) is 32.7 Å². The number of aromatic nitrogens is 3. The second-order valence-electron chi connectivity index (χ2n) is 6.14. The summed E-state index contributed by atoms with van der Waals surface area (Å²) in [7, 11) is 0. The van der Waals surface area contributed by atoms with Crippen LogP contribution in [0.1, 0.15) is 51.8 Å². The number of nitrogens with zero attached hydrogens (tertiary/aromatic N) is 3. The van der Waals surface area contributed by atoms with Crippen LogP contribution in [0.2, 0.25) is 0 Å². The van der Waals surface area contributed by atoms with Gasteiger partial charge in [0.05, 0.1) is 24.0 Å². The lowest BCUT2D eigenvalue weighted by atomic mass is 10.2. The molecule has 1 heterocycles. The van der Waals surface area contributed by atoms with Crippen molar-refractivity contribution in [1.82, 2.24) is 20.3 Å². The third-order valence-corrected chi connectivity index (χ3v) is 3.29. The Hall–Kier alpha value is -1.63. The zero-order chi connectivity index (χ0) is 14.8. The van der Waals surface area contributed by atoms with Crippen molar-refractivity contribution in [2.24, 2.45) is 5.73 Å². The summed E-state index contributed by atoms with van der Waals surface area (Å²) in [5, 5.41) is 11.0. The zero-order valence-electron chi connectivity index (χ0n) is 12.3. The van der Waals surface area contributed by atoms with Crippen LogP contribution in [0, 0.1) is 0 Å². The van der Waals surface area contributed by atoms with Gasteiger partial charge in [-0.25, -0.2) is 9.48 Å². The highest BCUT2D eigenvalue weighted by molar-refractivity contribution is 5.68. The van der Waals surface area contributed by atoms with Gasteiger partial charge < -0.3 is 15.8 Å². The largest absolute Gasteiger partial charge is 0.444 e. The predicted molar refractivity (Wildman–Crippen MR) is 74.0 cm³/mol. The Balaban J connectivity index is 1.98. The Labute approximate surface area is 118 Å². The van der Waals surface area contributed by atoms with Crippen molar-refractivity contribution in [1.29, 1.82) is 0 Å². The fourth-order valence-electron chi connectivity index (χ4n) is 2.45. The number of amides is 1. The highest BCUT2D eigenvalue weighted by Crippen LogP contribution is 2.29. The summed E-state index contributed by atoms with van der Waals surface area (Å²) < 4.78 is 7.10. The molecule has 1 aromatic rings. The Kier molecular flexibility index (Phi) is 4.27. The molecule has 1 amide bonds. The predicted octanol–water partition coefficient (Wildman–Crippen LogP) is 1.36. The molecule has 112 valence electrons. The highest BCUT2D eigenvalue weighted by atomic mass is 16.6. The minimum Gasteiger partial charge on any atom is -0.444 e. The molecule has 20 heavy (non-hydrogen) atoms. The van der Waals surface area contributed by atoms with E-state index in [2.05, 4.69) is 15.6 Å². The second-order valence-corrected chi connectivity index (χ2v) is 6.14. The van der Waals surface area contributed by atoms with Gasteiger partial charge in [-0.1, -0.05) is 5.21 Å². The number of nitrogens with one attached hydrogen (secondary N) is 1. The maximum atomic E-state index is 11.9. The van der Waals surface area contributed by atoms with Crippen molar-refractivity contribution in [2.45, 2.75) is 64.3 Å². The van der Waals surface area contributed by atoms with E-state index < -0.39 is 5.60 Å². The normalized spacial score (nSPS) is 22.8. The summed E-state index contributed by atoms with van der Waals surface area (Å²) in [6, 6.07) is 0.146. The summed E-state index contributed by atoms with van der Waals surface area (Å²) >= 11 is 0. The van der Waals surface area contributed by atoms with E-state index >= 15 is 0 Å². The first-order valence-electron chi connectivity index (χ1n) is 6.99. The van der Waals surface area contributed by atoms with Gasteiger partial charge in [-0.2, -0.15) is 0 Å². The molecule has 0 spiro atoms. The van der Waals surface area contributed by atoms with Gasteiger partial charge in [-0.3, -0.25) is 0 Å². The third-order valence-electron chi connectivity index (χ3n) is 3.29. The van der Waals surface area contributed by atoms with E-state index in [1.807, 2.05) is 27.0 Å². The molecular formula is C13H23N5O2. The second kappa shape index (κ2) is 5.78. The summed E-state index contributed by atoms with van der Waals surface area (Å²) in [6.45, 7) is 5.92. The third kappa shape index (κ3) is 3.69. The Morgan fingerprint density at radius 1 is 1.55 bits per heavy atom. The van der Waals surface area contributed by atoms with Gasteiger partial charge in [0.2, 0.25) is 0 Å². The number of rotatable bonds is 3. The van der Waals surface area contributed by atoms with Gasteiger partial charge in [-0.15, -0.1) is 5.10 Å². The average Bonchev–Trinajstić information content (AvgIpc) is 2.93. The van der Waals surface area contributed by atoms with Gasteiger partial charge in [0.15, 0.2) is 0 Å². The van der Waals surface area contributed by atoms with Gasteiger partial charge >= 0.3 is 6.09 Å². The fourth-order valence-corrected chi connectivity index (χ4v) is 2.45. The molecule has 7 heteroatoms. The van der Waals surface area contributed by atoms with E-state index in [0.29, 0.717) is 6.54 Å². The average molecular weight is 281 g/mol. The van der Waals surface area contributed by atoms with E-state index in [1.165, 1.54) is 0 Å². The molecule has 1 fully saturated rings. The van der Waals surface area contributed by atoms with Gasteiger partial charge in [0, 0.05) is 6.54 Å². The summed E-state index contributed by atoms with van der Waals surface area (Å²) in [5.74, 6) is 0. The van der Waals surface area contributed by atoms with Crippen LogP contribution in [0.4, 0.5) is 4.79 Å². The number of ether oxygens (including phenoxy) is 1. The van der Waals surface area contributed by atoms with Gasteiger partial charge in [-0.05, 0) is 40.0 Å². The minimum atomic E-state index is -0.488. The molecule has 0 saturated heterocycles. The highest BCUT2D eigenvalue weighted by Gasteiger charge is 2.32. The lowest BCUT2D eigenvalue weighted by Crippen LogP contribution is -2.41. The molecule has 3 N–H and O–H groups in total. The lowest BCUT2D eigenvalue weighted by Gasteiger charge is -2.24. The van der Waals surface area contributed by atoms with Crippen molar-refractivity contribution in [3.05, 3.63) is 11.9 Å². The van der Waals surface area contributed by atoms with Crippen molar-refractivity contribution in [3.8, 4) is 0 Å². The number of alkyl carbamates (subject to hydrolysis) is 1. The summed E-state index contributed by atoms with van der Waals surface area (Å²) in [4.78, 5) is 11.9. The van der Waals surface area contributed by atoms with Gasteiger partial charge in [0.25, 0.3) is 0 Å². The molecule has 1 aliphatic rings. The van der Waals surface area contributed by atoms with Crippen molar-refractivity contribution >= 4 is 6.09 Å². The van der Waals surface area contributed by atoms with Crippen molar-refractivity contribution < 1.29 is 9.53 Å². The van der Waals surface area contributed by atoms with Crippen LogP contribution < -0.4 is 11.1 Å². The molecule has 1 saturated carbocycles. The standard InChI is InChI=1S/C13H23N5O2/c1-13(2,3)20-12(19)15-10-5-4-6-11(10)18-8-9(7-14)16-17-18/h8,10-11H,4-7,14H2,1-3H3,(H,15,19)/t10-,11-/m0/s1. The molecule has 1 aliphatic carbocycles. The Bertz CT molecular complexity index is 466. The molecule has 2 rings (SSSR count). The van der Waals surface area contributed by atoms with E-state index in [0.717, 1.165) is 25.0 Å². The van der Waals surface area contributed by atoms with Crippen LogP contribution in [0.3, 0.4) is 0 Å². The molecule has 0 radical (unpaired) electrons. The topological polar surface area (TPSA) is 95.1 Å². The molecule has 0 aliphatic heterocycles. The number of carbonyl (C=O) groups excluding carboxylic acids is 1. The maximum absolute atomic E-state index is 11.9. The van der Waals surface area contributed by atoms with Crippen LogP contribution in [0.15, 0.2) is 6.20 Å². The summed E-state index contributed by atoms with van der Waals surface area (Å²) in [5.41, 5.74) is 5.81. The molecule has 1 aromatic heterocycles. The first-order valence-corrected chi connectivity index (χ1v) is 6.99. The molecule has 0 aromatic carbocycles. The van der Waals surface area contributed by atoms with Gasteiger partial charge in [0.1, 0.15) is 5.60 Å². The van der Waals surface area contributed by atoms with Crippen molar-refractivity contribution in [3.63, 3.8) is 0 Å². The van der Waals surface area contributed by atoms with E-state index in [4.69, 9.17) is 10.5 Å². The van der Waals surface area contributed by atoms with E-state index in [1.54, 1.807) is 4.68 Å². The Morgan fingerprint density at radius 2 is 2.30 bits per heavy atom. The zero-order valence-corrected chi connectivity index (χ0v) is 12.3. The molecule has 7 nitrogen and oxygen atoms in total. The minimum absolute atomic E-state index is 0.0252. The summed E-state index contributed by atoms with van der Waals surface area (Å²) in [6.07, 6.45) is 4.40. The number of nitrogens with two attached hydrogens (primary N) is 1. The van der Waals surface area contributed by atoms with Crippen LogP contribution in [-0.2, 0) is 11.3 Å². The number of hydrogen-bond acceptors (Lipinski definition) is 5. The first kappa shape index (κ1) is 14.8. The number of carbonyl (C=O) groups is 1. The lowest BCUT2D eigenvalue weighted by molar-refractivity contribution is 0.0493. The van der Waals surface area contributed by atoms with Crippen LogP contribution >= 0.6 is 0 Å². The molecule has 0 bridgehead atoms. The van der Waals surface area contributed by atoms with Crippen LogP contribution in [0.5, 0.6) is 0 Å². The van der Waals surface area contributed by atoms with Crippen LogP contribution in [0.25, 0.3) is 0 Å². The monoisotopic (exact) mass is 281 g/mol. The fraction of sp³-hybridized carbons (Fsp3) is 0.769. The molecular weight excluding hydrogens is 258 g/mol. The maximum Gasteiger partial charge on any atom is 0.407 e. The molecule has 0 unspecified atom stereocenters. The quantitative estimate of drug-likeness (QED) is 0.872. The molecule has 2 atom stereocenters. The number of hydrogen-bond donors (Lipinski definition) is 2. The SMILES string of the molecule is CC(C)(C)OC(=O)N[C@H]1CCC[C@@H]1n1cc(CN)nn1. The van der Waals surface area contributed by atoms with E-state index in [9.17, 15) is 4.79 Å². The van der Waals surface area contributed by atoms with Crippen molar-refractivity contribution in [2.75, 3.05) is 0 Å².